The van der Waals surface area contributed by atoms with Crippen LogP contribution < -0.4 is 0 Å². The summed E-state index contributed by atoms with van der Waals surface area (Å²) in [5.41, 5.74) is 11.6. The van der Waals surface area contributed by atoms with Crippen molar-refractivity contribution in [1.82, 2.24) is 34.9 Å². The van der Waals surface area contributed by atoms with Crippen molar-refractivity contribution < 1.29 is 76.7 Å². The summed E-state index contributed by atoms with van der Waals surface area (Å²) in [6, 6.07) is 38.6. The maximum atomic E-state index is 12.3. The first-order chi connectivity index (χ1) is 60.9. The van der Waals surface area contributed by atoms with Crippen molar-refractivity contribution in [2.45, 2.75) is 111 Å². The molecule has 0 N–H and O–H groups in total. The van der Waals surface area contributed by atoms with E-state index in [0.29, 0.717) is 209 Å². The third-order valence-electron chi connectivity index (χ3n) is 22.6. The summed E-state index contributed by atoms with van der Waals surface area (Å²) in [5.74, 6) is -2.77. The Kier molecular flexibility index (Phi) is 25.4. The molecule has 23 nitrogen and oxygen atoms in total. The van der Waals surface area contributed by atoms with Gasteiger partial charge in [-0.15, -0.1) is 0 Å². The monoisotopic (exact) mass is 1700 g/mol. The zero-order valence-electron chi connectivity index (χ0n) is 72.7. The van der Waals surface area contributed by atoms with E-state index in [1.807, 2.05) is 24.3 Å². The number of aromatic nitrogens is 7. The zero-order chi connectivity index (χ0) is 92.6. The van der Waals surface area contributed by atoms with Gasteiger partial charge in [-0.05, 0) is 133 Å². The number of hydrogen-bond donors (Lipinski definition) is 0. The molecule has 16 rings (SSSR count). The van der Waals surface area contributed by atoms with Crippen LogP contribution in [0.2, 0.25) is 0 Å². The quantitative estimate of drug-likeness (QED) is 0.0640. The van der Waals surface area contributed by atoms with E-state index < -0.39 is 0 Å². The van der Waals surface area contributed by atoms with Crippen LogP contribution >= 0.6 is 0 Å². The highest BCUT2D eigenvalue weighted by molar-refractivity contribution is 6.28. The van der Waals surface area contributed by atoms with Gasteiger partial charge in [-0.3, -0.25) is 112 Å². The predicted molar refractivity (Wildman–Crippen MR) is 492 cm³/mol. The number of fused-ring (bicyclic) bond motifs is 8. The van der Waals surface area contributed by atoms with Crippen LogP contribution in [0.4, 0.5) is 0 Å². The van der Waals surface area contributed by atoms with Gasteiger partial charge in [-0.25, -0.2) is 0 Å². The van der Waals surface area contributed by atoms with Gasteiger partial charge in [-0.2, -0.15) is 0 Å². The van der Waals surface area contributed by atoms with Crippen LogP contribution in [0.3, 0.4) is 0 Å². The standard InChI is InChI=1S/C27H21NO4.3C26H20N2O4/c1-14(29)18-7-5-9-21-22(12-11-20(16(3)31)25(18)21)27-23-10-6-8-19(15(2)30)26(23)24(13-28-27)17(4)32;1-13(29)17-5-7-19(23-11-27-9-21(15(3)31)25(17)23)20-8-6-18(14(2)30)26-22(16(4)32)10-28-12-24(20)26;1-13(29)17-6-5-7-20-24(17)22(16(4)32)12-28-26(20)19-9-8-18(14(2)30)25-21(15(3)31)10-27-11-23(19)25;1-13(29)17-6-5-7-19-20(9-8-18(14(2)30)24(17)19)26-23-11-27-10-21(15(3)31)25(23)22(12-28-26)16(4)32/h5-13H,1-4H3;3*5-12H,1-4H3. The Morgan fingerprint density at radius 2 is 0.312 bits per heavy atom. The highest BCUT2D eigenvalue weighted by atomic mass is 16.2. The Hall–Kier alpha value is -16.2. The van der Waals surface area contributed by atoms with Gasteiger partial charge in [0.25, 0.3) is 0 Å². The van der Waals surface area contributed by atoms with Gasteiger partial charge in [0.05, 0.1) is 17.1 Å². The van der Waals surface area contributed by atoms with Crippen molar-refractivity contribution in [3.63, 3.8) is 0 Å². The average molecular weight is 1700 g/mol. The van der Waals surface area contributed by atoms with E-state index in [1.54, 1.807) is 134 Å². The summed E-state index contributed by atoms with van der Waals surface area (Å²) in [6.07, 6.45) is 16.7. The summed E-state index contributed by atoms with van der Waals surface area (Å²) >= 11 is 0. The Bertz CT molecular complexity index is 6230. The third-order valence-corrected chi connectivity index (χ3v) is 22.6. The minimum Gasteiger partial charge on any atom is -0.294 e. The van der Waals surface area contributed by atoms with Crippen LogP contribution in [-0.4, -0.2) is 127 Å². The lowest BCUT2D eigenvalue weighted by molar-refractivity contribution is 0.100. The summed E-state index contributed by atoms with van der Waals surface area (Å²) in [7, 11) is 0. The molecule has 23 heteroatoms. The summed E-state index contributed by atoms with van der Waals surface area (Å²) < 4.78 is 0. The molecule has 0 atom stereocenters. The Balaban J connectivity index is 0.000000146. The first-order valence-electron chi connectivity index (χ1n) is 40.5. The lowest BCUT2D eigenvalue weighted by atomic mass is 9.87. The van der Waals surface area contributed by atoms with Crippen molar-refractivity contribution in [3.8, 4) is 44.9 Å². The van der Waals surface area contributed by atoms with Crippen LogP contribution in [0.15, 0.2) is 202 Å². The van der Waals surface area contributed by atoms with Crippen LogP contribution in [0, 0.1) is 0 Å². The molecule has 0 aliphatic rings. The molecule has 0 aliphatic carbocycles. The first kappa shape index (κ1) is 89.6. The molecule has 0 unspecified atom stereocenters. The summed E-state index contributed by atoms with van der Waals surface area (Å²) in [5, 5.41) is 9.45. The predicted octanol–water partition coefficient (Wildman–Crippen LogP) is 21.6. The fraction of sp³-hybridized carbons (Fsp3) is 0.152. The number of carbonyl (C=O) groups excluding carboxylic acids is 16. The maximum absolute atomic E-state index is 12.3. The summed E-state index contributed by atoms with van der Waals surface area (Å²) in [4.78, 5) is 228. The normalized spacial score (nSPS) is 11.0. The van der Waals surface area contributed by atoms with Crippen LogP contribution in [-0.2, 0) is 0 Å². The first-order valence-corrected chi connectivity index (χ1v) is 40.5. The van der Waals surface area contributed by atoms with E-state index >= 15 is 0 Å². The molecular weight excluding hydrogens is 1620 g/mol. The fourth-order valence-electron chi connectivity index (χ4n) is 16.7. The van der Waals surface area contributed by atoms with Crippen molar-refractivity contribution in [1.29, 1.82) is 0 Å². The number of carbonyl (C=O) groups is 16. The van der Waals surface area contributed by atoms with E-state index in [1.165, 1.54) is 154 Å². The van der Waals surface area contributed by atoms with Crippen molar-refractivity contribution in [2.24, 2.45) is 0 Å². The van der Waals surface area contributed by atoms with Crippen LogP contribution in [0.5, 0.6) is 0 Å². The smallest absolute Gasteiger partial charge is 0.162 e. The molecule has 16 aromatic rings. The maximum Gasteiger partial charge on any atom is 0.162 e. The van der Waals surface area contributed by atoms with E-state index in [-0.39, 0.29) is 92.5 Å². The average Bonchev–Trinajstić information content (AvgIpc) is 0.752. The van der Waals surface area contributed by atoms with Crippen molar-refractivity contribution in [2.75, 3.05) is 0 Å². The second kappa shape index (κ2) is 36.3. The molecule has 128 heavy (non-hydrogen) atoms. The SMILES string of the molecule is CC(=O)c1ccc(-c2ccc(C(C)=O)c3c(C(C)=O)cncc23)c2cncc(C(C)=O)c12.CC(=O)c1ccc(-c2ncc(C(C)=O)c3c(C(C)=O)cccc23)c2cncc(C(C)=O)c12.CC(=O)c1cccc2c(-c3ncc(C(C)=O)c4c(C(C)=O)cccc34)ccc(C(C)=O)c12.CC(=O)c1cccc2c(-c3ncc(C(C)=O)c4c(C(C)=O)cncc34)ccc(C(C)=O)c12. The van der Waals surface area contributed by atoms with Gasteiger partial charge < -0.3 is 0 Å². The Labute approximate surface area is 732 Å². The number of nitrogens with zero attached hydrogens (tertiary/aromatic N) is 7. The Morgan fingerprint density at radius 3 is 0.555 bits per heavy atom. The van der Waals surface area contributed by atoms with Crippen LogP contribution in [0.1, 0.15) is 277 Å². The van der Waals surface area contributed by atoms with E-state index in [4.69, 9.17) is 0 Å². The molecule has 0 aliphatic heterocycles. The highest BCUT2D eigenvalue weighted by Gasteiger charge is 2.29. The molecule has 632 valence electrons. The number of benzene rings is 9. The lowest BCUT2D eigenvalue weighted by Crippen LogP contribution is -2.05. The molecule has 7 aromatic heterocycles. The molecule has 0 amide bonds. The number of rotatable bonds is 20. The molecule has 0 saturated carbocycles. The topological polar surface area (TPSA) is 363 Å². The molecule has 0 spiro atoms. The van der Waals surface area contributed by atoms with Gasteiger partial charge in [0.15, 0.2) is 92.5 Å². The Morgan fingerprint density at radius 1 is 0.148 bits per heavy atom. The van der Waals surface area contributed by atoms with Gasteiger partial charge >= 0.3 is 0 Å². The van der Waals surface area contributed by atoms with E-state index in [9.17, 15) is 76.7 Å². The zero-order valence-corrected chi connectivity index (χ0v) is 72.7. The molecule has 7 heterocycles. The minimum absolute atomic E-state index is 0.140. The molecule has 0 fully saturated rings. The molecule has 9 aromatic carbocycles. The van der Waals surface area contributed by atoms with Crippen molar-refractivity contribution in [3.05, 3.63) is 291 Å². The third kappa shape index (κ3) is 16.6. The highest BCUT2D eigenvalue weighted by Crippen LogP contribution is 2.44. The minimum atomic E-state index is -0.210. The van der Waals surface area contributed by atoms with Gasteiger partial charge in [-0.1, -0.05) is 133 Å². The van der Waals surface area contributed by atoms with Gasteiger partial charge in [0, 0.05) is 249 Å². The molecular formula is C105H81N7O16. The number of hydrogen-bond acceptors (Lipinski definition) is 23. The molecule has 0 bridgehead atoms. The lowest BCUT2D eigenvalue weighted by Gasteiger charge is -2.16. The van der Waals surface area contributed by atoms with E-state index in [2.05, 4.69) is 34.9 Å². The van der Waals surface area contributed by atoms with Crippen molar-refractivity contribution >= 4 is 179 Å². The second-order valence-corrected chi connectivity index (χ2v) is 31.1. The number of Topliss-reactive ketones (excluding diaryl/α,β-unsaturated/α-hetero) is 16. The second-order valence-electron chi connectivity index (χ2n) is 31.1. The molecule has 0 saturated heterocycles. The number of ketones is 16. The summed E-state index contributed by atoms with van der Waals surface area (Å²) in [6.45, 7) is 23.2. The fourth-order valence-corrected chi connectivity index (χ4v) is 16.7. The van der Waals surface area contributed by atoms with E-state index in [0.717, 1.165) is 11.1 Å². The molecule has 0 radical (unpaired) electrons. The van der Waals surface area contributed by atoms with Gasteiger partial charge in [0.1, 0.15) is 0 Å². The number of pyridine rings is 7. The van der Waals surface area contributed by atoms with Crippen LogP contribution in [0.25, 0.3) is 131 Å². The largest absolute Gasteiger partial charge is 0.294 e. The van der Waals surface area contributed by atoms with Gasteiger partial charge in [0.2, 0.25) is 0 Å².